The Hall–Kier alpha value is -3.33. The molecule has 7 nitrogen and oxygen atoms in total. The summed E-state index contributed by atoms with van der Waals surface area (Å²) in [6.07, 6.45) is 6.04. The molecular formula is C26H29F2N5O2. The van der Waals surface area contributed by atoms with Crippen LogP contribution in [0.25, 0.3) is 11.3 Å². The van der Waals surface area contributed by atoms with E-state index in [1.54, 1.807) is 19.2 Å². The van der Waals surface area contributed by atoms with E-state index in [9.17, 15) is 18.7 Å². The van der Waals surface area contributed by atoms with E-state index in [-0.39, 0.29) is 29.5 Å². The van der Waals surface area contributed by atoms with Crippen molar-refractivity contribution in [1.82, 2.24) is 25.5 Å². The van der Waals surface area contributed by atoms with Gasteiger partial charge in [-0.25, -0.2) is 13.8 Å². The first-order valence-electron chi connectivity index (χ1n) is 11.9. The Kier molecular flexibility index (Phi) is 7.16. The third-order valence-electron chi connectivity index (χ3n) is 6.96. The van der Waals surface area contributed by atoms with Gasteiger partial charge in [0.1, 0.15) is 17.3 Å². The van der Waals surface area contributed by atoms with Crippen LogP contribution in [0.2, 0.25) is 0 Å². The summed E-state index contributed by atoms with van der Waals surface area (Å²) >= 11 is 0. The molecule has 2 N–H and O–H groups in total. The van der Waals surface area contributed by atoms with E-state index in [0.29, 0.717) is 17.8 Å². The van der Waals surface area contributed by atoms with Gasteiger partial charge in [0, 0.05) is 12.2 Å². The highest BCUT2D eigenvalue weighted by atomic mass is 19.1. The Bertz CT molecular complexity index is 1220. The number of halogens is 2. The smallest absolute Gasteiger partial charge is 0.271 e. The Balaban J connectivity index is 1.83. The molecule has 1 aromatic carbocycles. The lowest BCUT2D eigenvalue weighted by molar-refractivity contribution is 0.0916. The van der Waals surface area contributed by atoms with Crippen molar-refractivity contribution < 1.29 is 18.7 Å². The van der Waals surface area contributed by atoms with Gasteiger partial charge in [-0.3, -0.25) is 9.78 Å². The van der Waals surface area contributed by atoms with Gasteiger partial charge in [0.05, 0.1) is 40.9 Å². The summed E-state index contributed by atoms with van der Waals surface area (Å²) in [4.78, 5) is 21.5. The molecule has 1 amide bonds. The zero-order valence-electron chi connectivity index (χ0n) is 20.1. The third kappa shape index (κ3) is 4.52. The molecule has 0 spiro atoms. The van der Waals surface area contributed by atoms with Crippen LogP contribution < -0.4 is 5.32 Å². The van der Waals surface area contributed by atoms with E-state index in [2.05, 4.69) is 32.4 Å². The van der Waals surface area contributed by atoms with E-state index in [4.69, 9.17) is 0 Å². The number of fused-ring (bicyclic) bond motifs is 1. The van der Waals surface area contributed by atoms with Crippen LogP contribution in [-0.2, 0) is 5.41 Å². The van der Waals surface area contributed by atoms with Gasteiger partial charge < -0.3 is 10.4 Å². The van der Waals surface area contributed by atoms with Crippen LogP contribution in [0.15, 0.2) is 36.7 Å². The second-order valence-electron chi connectivity index (χ2n) is 9.06. The quantitative estimate of drug-likeness (QED) is 0.522. The van der Waals surface area contributed by atoms with E-state index < -0.39 is 29.0 Å². The zero-order valence-corrected chi connectivity index (χ0v) is 20.1. The predicted molar refractivity (Wildman–Crippen MR) is 127 cm³/mol. The van der Waals surface area contributed by atoms with Gasteiger partial charge in [0.25, 0.3) is 5.91 Å². The summed E-state index contributed by atoms with van der Waals surface area (Å²) in [6, 6.07) is 5.06. The first kappa shape index (κ1) is 24.8. The summed E-state index contributed by atoms with van der Waals surface area (Å²) in [7, 11) is 0. The fraction of sp³-hybridized carbons (Fsp3) is 0.423. The summed E-state index contributed by atoms with van der Waals surface area (Å²) in [5, 5.41) is 20.7. The van der Waals surface area contributed by atoms with Crippen LogP contribution in [0.1, 0.15) is 79.8 Å². The molecule has 0 aliphatic heterocycles. The van der Waals surface area contributed by atoms with Crippen LogP contribution in [-0.4, -0.2) is 43.8 Å². The van der Waals surface area contributed by atoms with Crippen LogP contribution in [0.5, 0.6) is 0 Å². The van der Waals surface area contributed by atoms with Gasteiger partial charge in [-0.1, -0.05) is 19.9 Å². The maximum Gasteiger partial charge on any atom is 0.271 e. The number of nitrogens with one attached hydrogen (secondary N) is 1. The molecule has 1 aliphatic carbocycles. The van der Waals surface area contributed by atoms with E-state index in [0.717, 1.165) is 24.8 Å². The number of carbonyl (C=O) groups excluding carboxylic acids is 1. The topological polar surface area (TPSA) is 101 Å². The average molecular weight is 482 g/mol. The number of rotatable bonds is 7. The van der Waals surface area contributed by atoms with Crippen molar-refractivity contribution in [2.24, 2.45) is 0 Å². The molecule has 0 bridgehead atoms. The van der Waals surface area contributed by atoms with Crippen molar-refractivity contribution in [3.8, 4) is 11.3 Å². The minimum Gasteiger partial charge on any atom is -0.394 e. The van der Waals surface area contributed by atoms with Crippen LogP contribution in [0.4, 0.5) is 8.78 Å². The van der Waals surface area contributed by atoms with E-state index in [1.165, 1.54) is 24.4 Å². The molecule has 35 heavy (non-hydrogen) atoms. The Morgan fingerprint density at radius 1 is 1.23 bits per heavy atom. The summed E-state index contributed by atoms with van der Waals surface area (Å²) in [5.41, 5.74) is 1.65. The molecule has 184 valence electrons. The normalized spacial score (nSPS) is 20.2. The molecule has 2 heterocycles. The largest absolute Gasteiger partial charge is 0.394 e. The lowest BCUT2D eigenvalue weighted by Crippen LogP contribution is -2.38. The minimum atomic E-state index is -0.688. The third-order valence-corrected chi connectivity index (χ3v) is 6.96. The SMILES string of the molecule is CC[C@H]1CC[C@](CC)(c2cncc(C(=O)N[C@@H](C)CO)n2)c2nnc(-c3c(F)cccc3F)cc21. The Morgan fingerprint density at radius 3 is 2.63 bits per heavy atom. The monoisotopic (exact) mass is 481 g/mol. The highest BCUT2D eigenvalue weighted by molar-refractivity contribution is 5.92. The summed E-state index contributed by atoms with van der Waals surface area (Å²) in [5.74, 6) is -1.65. The zero-order chi connectivity index (χ0) is 25.2. The number of aromatic nitrogens is 4. The number of amides is 1. The molecule has 0 fully saturated rings. The van der Waals surface area contributed by atoms with E-state index >= 15 is 0 Å². The summed E-state index contributed by atoms with van der Waals surface area (Å²) < 4.78 is 29.0. The average Bonchev–Trinajstić information content (AvgIpc) is 2.87. The van der Waals surface area contributed by atoms with Crippen molar-refractivity contribution in [2.75, 3.05) is 6.61 Å². The fourth-order valence-corrected chi connectivity index (χ4v) is 4.90. The molecule has 9 heteroatoms. The first-order chi connectivity index (χ1) is 16.8. The maximum absolute atomic E-state index is 14.5. The molecule has 3 aromatic rings. The number of carbonyl (C=O) groups is 1. The van der Waals surface area contributed by atoms with Gasteiger partial charge in [-0.15, -0.1) is 5.10 Å². The van der Waals surface area contributed by atoms with Gasteiger partial charge in [0.15, 0.2) is 0 Å². The number of hydrogen-bond donors (Lipinski definition) is 2. The molecular weight excluding hydrogens is 452 g/mol. The van der Waals surface area contributed by atoms with Crippen LogP contribution in [0, 0.1) is 11.6 Å². The number of benzene rings is 1. The second kappa shape index (κ2) is 10.1. The van der Waals surface area contributed by atoms with Crippen molar-refractivity contribution in [2.45, 2.75) is 63.8 Å². The lowest BCUT2D eigenvalue weighted by atomic mass is 9.65. The van der Waals surface area contributed by atoms with Gasteiger partial charge in [-0.2, -0.15) is 5.10 Å². The fourth-order valence-electron chi connectivity index (χ4n) is 4.90. The number of aliphatic hydroxyl groups is 1. The molecule has 1 aliphatic rings. The first-order valence-corrected chi connectivity index (χ1v) is 11.9. The molecule has 0 saturated heterocycles. The number of hydrogen-bond acceptors (Lipinski definition) is 6. The van der Waals surface area contributed by atoms with Gasteiger partial charge in [0.2, 0.25) is 0 Å². The summed E-state index contributed by atoms with van der Waals surface area (Å²) in [6.45, 7) is 5.59. The highest BCUT2D eigenvalue weighted by Crippen LogP contribution is 2.48. The second-order valence-corrected chi connectivity index (χ2v) is 9.06. The van der Waals surface area contributed by atoms with Crippen molar-refractivity contribution >= 4 is 5.91 Å². The predicted octanol–water partition coefficient (Wildman–Crippen LogP) is 4.31. The highest BCUT2D eigenvalue weighted by Gasteiger charge is 2.43. The maximum atomic E-state index is 14.5. The van der Waals surface area contributed by atoms with Gasteiger partial charge >= 0.3 is 0 Å². The minimum absolute atomic E-state index is 0.146. The Labute approximate surface area is 203 Å². The van der Waals surface area contributed by atoms with E-state index in [1.807, 2.05) is 6.92 Å². The number of aliphatic hydroxyl groups excluding tert-OH is 1. The van der Waals surface area contributed by atoms with Crippen molar-refractivity contribution in [1.29, 1.82) is 0 Å². The molecule has 0 saturated carbocycles. The van der Waals surface area contributed by atoms with Crippen LogP contribution >= 0.6 is 0 Å². The molecule has 0 unspecified atom stereocenters. The van der Waals surface area contributed by atoms with Crippen LogP contribution in [0.3, 0.4) is 0 Å². The molecule has 3 atom stereocenters. The van der Waals surface area contributed by atoms with Gasteiger partial charge in [-0.05, 0) is 62.3 Å². The lowest BCUT2D eigenvalue weighted by Gasteiger charge is -2.39. The number of nitrogens with zero attached hydrogens (tertiary/aromatic N) is 4. The standard InChI is InChI=1S/C26H29F2N5O2/c1-4-16-9-10-26(5-2,22-13-29-12-21(31-22)25(35)30-15(3)14-34)24-17(16)11-20(32-33-24)23-18(27)7-6-8-19(23)28/h6-8,11-13,15-16,34H,4-5,9-10,14H2,1-3H3,(H,30,35)/t15-,16-,26+/m0/s1. The van der Waals surface area contributed by atoms with Crippen molar-refractivity contribution in [3.05, 3.63) is 70.9 Å². The van der Waals surface area contributed by atoms with Crippen molar-refractivity contribution in [3.63, 3.8) is 0 Å². The molecule has 4 rings (SSSR count). The Morgan fingerprint density at radius 2 is 1.97 bits per heavy atom. The molecule has 2 aromatic heterocycles. The molecule has 0 radical (unpaired) electrons.